The lowest BCUT2D eigenvalue weighted by Gasteiger charge is -2.66. The molecule has 0 amide bonds. The summed E-state index contributed by atoms with van der Waals surface area (Å²) in [6.45, 7) is 20.0. The number of carbonyl (C=O) groups excluding carboxylic acids is 2. The highest BCUT2D eigenvalue weighted by Crippen LogP contribution is 2.66. The van der Waals surface area contributed by atoms with Crippen LogP contribution in [0.5, 0.6) is 0 Å². The molecule has 1 aromatic carbocycles. The quantitative estimate of drug-likeness (QED) is 0.187. The third kappa shape index (κ3) is 5.11. The highest BCUT2D eigenvalue weighted by molar-refractivity contribution is 6.73. The zero-order valence-corrected chi connectivity index (χ0v) is 31.3. The van der Waals surface area contributed by atoms with Crippen LogP contribution in [0.25, 0.3) is 0 Å². The molecule has 3 aliphatic carbocycles. The van der Waals surface area contributed by atoms with Crippen molar-refractivity contribution in [2.75, 3.05) is 6.61 Å². The fourth-order valence-electron chi connectivity index (χ4n) is 9.73. The number of rotatable bonds is 8. The van der Waals surface area contributed by atoms with Gasteiger partial charge in [-0.1, -0.05) is 71.9 Å². The molecule has 6 rings (SSSR count). The molecular weight excluding hydrogens is 628 g/mol. The predicted molar refractivity (Wildman–Crippen MR) is 183 cm³/mol. The van der Waals surface area contributed by atoms with Crippen molar-refractivity contribution in [1.82, 2.24) is 0 Å². The molecule has 8 unspecified atom stereocenters. The summed E-state index contributed by atoms with van der Waals surface area (Å²) in [4.78, 5) is 27.1. The third-order valence-corrected chi connectivity index (χ3v) is 17.3. The van der Waals surface area contributed by atoms with Gasteiger partial charge in [0.2, 0.25) is 0 Å². The van der Waals surface area contributed by atoms with E-state index in [0.717, 1.165) is 29.3 Å². The van der Waals surface area contributed by atoms with Gasteiger partial charge < -0.3 is 33.2 Å². The summed E-state index contributed by atoms with van der Waals surface area (Å²) in [5.41, 5.74) is -2.54. The molecule has 0 radical (unpaired) electrons. The molecule has 2 saturated heterocycles. The van der Waals surface area contributed by atoms with Gasteiger partial charge in [-0.15, -0.1) is 0 Å². The van der Waals surface area contributed by atoms with Gasteiger partial charge in [-0.05, 0) is 62.2 Å². The number of benzene rings is 1. The third-order valence-electron chi connectivity index (χ3n) is 12.6. The van der Waals surface area contributed by atoms with Gasteiger partial charge in [0.05, 0.1) is 24.2 Å². The minimum absolute atomic E-state index is 0.0819. The largest absolute Gasteiger partial charge is 0.455 e. The van der Waals surface area contributed by atoms with Crippen molar-refractivity contribution in [3.05, 3.63) is 59.2 Å². The Kier molecular flexibility index (Phi) is 8.78. The highest BCUT2D eigenvalue weighted by Gasteiger charge is 2.76. The Hall–Kier alpha value is -2.34. The van der Waals surface area contributed by atoms with Crippen LogP contribution in [-0.4, -0.2) is 79.5 Å². The van der Waals surface area contributed by atoms with Gasteiger partial charge in [0.25, 0.3) is 0 Å². The molecule has 5 aliphatic rings. The molecular formula is C38H54O9Si. The first-order valence-corrected chi connectivity index (χ1v) is 20.2. The number of esters is 2. The lowest BCUT2D eigenvalue weighted by atomic mass is 9.46. The highest BCUT2D eigenvalue weighted by atomic mass is 28.4. The number of carbonyl (C=O) groups is 2. The molecule has 9 nitrogen and oxygen atoms in total. The van der Waals surface area contributed by atoms with Gasteiger partial charge in [-0.25, -0.2) is 4.79 Å². The molecule has 0 spiro atoms. The van der Waals surface area contributed by atoms with Crippen molar-refractivity contribution in [2.24, 2.45) is 16.7 Å². The summed E-state index contributed by atoms with van der Waals surface area (Å²) in [6.07, 6.45) is 0.804. The number of fused-ring (bicyclic) bond motifs is 8. The molecule has 2 aliphatic heterocycles. The van der Waals surface area contributed by atoms with Crippen LogP contribution in [0.4, 0.5) is 0 Å². The molecule has 3 fully saturated rings. The maximum Gasteiger partial charge on any atom is 0.338 e. The second-order valence-electron chi connectivity index (χ2n) is 15.9. The summed E-state index contributed by atoms with van der Waals surface area (Å²) in [5.74, 6) is -2.79. The van der Waals surface area contributed by atoms with Crippen LogP contribution in [0, 0.1) is 16.7 Å². The van der Waals surface area contributed by atoms with Crippen LogP contribution in [-0.2, 0) is 32.9 Å². The molecule has 0 aromatic heterocycles. The summed E-state index contributed by atoms with van der Waals surface area (Å²) in [7, 11) is -2.20. The molecule has 9 atom stereocenters. The standard InChI is InChI=1S/C38H54O9Si/c1-11-48(12-2,13-3)47-26-21-38(41)32(43-33(40)25-17-15-14-16-18-25)30-36(10,20-19-27-37(30,22-42-27)44-24(5)39)31-29(45-35(8,9)46-31)28(23(26)4)34(38,6)7/h14-20,26-27,29-32,41H,11-13,21-22H2,1-10H3/t26?,27?,29?,30?,31?,32?,36-,37?,38?/m1/s1. The molecule has 48 heavy (non-hydrogen) atoms. The number of ether oxygens (including phenoxy) is 5. The smallest absolute Gasteiger partial charge is 0.338 e. The van der Waals surface area contributed by atoms with Gasteiger partial charge in [0.1, 0.15) is 30.0 Å². The topological polar surface area (TPSA) is 110 Å². The van der Waals surface area contributed by atoms with Crippen LogP contribution < -0.4 is 0 Å². The summed E-state index contributed by atoms with van der Waals surface area (Å²) in [5, 5.41) is 13.7. The van der Waals surface area contributed by atoms with Crippen molar-refractivity contribution < 1.29 is 42.8 Å². The maximum absolute atomic E-state index is 14.2. The summed E-state index contributed by atoms with van der Waals surface area (Å²) >= 11 is 0. The van der Waals surface area contributed by atoms with Crippen LogP contribution in [0.1, 0.15) is 86.0 Å². The number of hydrogen-bond acceptors (Lipinski definition) is 9. The van der Waals surface area contributed by atoms with Crippen LogP contribution in [0.3, 0.4) is 0 Å². The van der Waals surface area contributed by atoms with E-state index in [1.807, 2.05) is 52.8 Å². The Morgan fingerprint density at radius 3 is 2.21 bits per heavy atom. The first-order valence-electron chi connectivity index (χ1n) is 17.7. The molecule has 1 saturated carbocycles. The Balaban J connectivity index is 1.65. The molecule has 2 heterocycles. The molecule has 10 heteroatoms. The maximum atomic E-state index is 14.2. The first kappa shape index (κ1) is 35.5. The second kappa shape index (κ2) is 11.9. The monoisotopic (exact) mass is 682 g/mol. The average Bonchev–Trinajstić information content (AvgIpc) is 3.35. The van der Waals surface area contributed by atoms with Gasteiger partial charge in [-0.2, -0.15) is 0 Å². The Labute approximate surface area is 286 Å². The van der Waals surface area contributed by atoms with Gasteiger partial charge >= 0.3 is 11.9 Å². The van der Waals surface area contributed by atoms with E-state index in [2.05, 4.69) is 27.7 Å². The Morgan fingerprint density at radius 2 is 1.65 bits per heavy atom. The fraction of sp³-hybridized carbons (Fsp3) is 0.684. The molecule has 264 valence electrons. The molecule has 2 bridgehead atoms. The number of hydrogen-bond donors (Lipinski definition) is 1. The predicted octanol–water partition coefficient (Wildman–Crippen LogP) is 6.51. The zero-order chi connectivity index (χ0) is 35.1. The van der Waals surface area contributed by atoms with Crippen LogP contribution in [0.15, 0.2) is 53.6 Å². The average molecular weight is 683 g/mol. The van der Waals surface area contributed by atoms with E-state index in [4.69, 9.17) is 28.1 Å². The van der Waals surface area contributed by atoms with E-state index in [0.29, 0.717) is 5.56 Å². The molecule has 1 N–H and O–H groups in total. The van der Waals surface area contributed by atoms with E-state index in [1.165, 1.54) is 6.92 Å². The van der Waals surface area contributed by atoms with Crippen LogP contribution in [0.2, 0.25) is 18.1 Å². The summed E-state index contributed by atoms with van der Waals surface area (Å²) < 4.78 is 40.0. The van der Waals surface area contributed by atoms with E-state index >= 15 is 0 Å². The SMILES string of the molecule is CC[Si](CC)(CC)OC1CC2(O)C(OC(=O)c3ccccc3)C3C4(OC(C)=O)COC4C=C[C@@]3(C)C3OC(C)(C)OC3C(=C1C)C2(C)C. The van der Waals surface area contributed by atoms with Gasteiger partial charge in [-0.3, -0.25) is 4.79 Å². The Morgan fingerprint density at radius 1 is 1.00 bits per heavy atom. The van der Waals surface area contributed by atoms with Crippen molar-refractivity contribution in [2.45, 2.75) is 141 Å². The van der Waals surface area contributed by atoms with E-state index in [9.17, 15) is 14.7 Å². The minimum Gasteiger partial charge on any atom is -0.455 e. The normalized spacial score (nSPS) is 39.2. The van der Waals surface area contributed by atoms with Gasteiger partial charge in [0, 0.05) is 24.2 Å². The minimum atomic E-state index is -2.20. The lowest BCUT2D eigenvalue weighted by Crippen LogP contribution is -2.78. The van der Waals surface area contributed by atoms with Crippen molar-refractivity contribution in [3.8, 4) is 0 Å². The molecule has 1 aromatic rings. The van der Waals surface area contributed by atoms with E-state index in [-0.39, 0.29) is 13.0 Å². The lowest BCUT2D eigenvalue weighted by molar-refractivity contribution is -0.317. The number of aliphatic hydroxyl groups is 1. The van der Waals surface area contributed by atoms with Crippen molar-refractivity contribution >= 4 is 20.3 Å². The van der Waals surface area contributed by atoms with Crippen LogP contribution >= 0.6 is 0 Å². The van der Waals surface area contributed by atoms with Gasteiger partial charge in [0.15, 0.2) is 19.7 Å². The fourth-order valence-corrected chi connectivity index (χ4v) is 12.6. The summed E-state index contributed by atoms with van der Waals surface area (Å²) in [6, 6.07) is 11.6. The van der Waals surface area contributed by atoms with E-state index in [1.54, 1.807) is 24.3 Å². The second-order valence-corrected chi connectivity index (χ2v) is 20.6. The van der Waals surface area contributed by atoms with E-state index < -0.39 is 84.5 Å². The first-order chi connectivity index (χ1) is 22.4. The van der Waals surface area contributed by atoms with Crippen molar-refractivity contribution in [1.29, 1.82) is 0 Å². The van der Waals surface area contributed by atoms with Crippen molar-refractivity contribution in [3.63, 3.8) is 0 Å². The zero-order valence-electron chi connectivity index (χ0n) is 30.3. The Bertz CT molecular complexity index is 1490.